The molecule has 53 heavy (non-hydrogen) atoms. The lowest BCUT2D eigenvalue weighted by molar-refractivity contribution is 0.0471. The number of benzene rings is 1. The van der Waals surface area contributed by atoms with Gasteiger partial charge in [-0.2, -0.15) is 0 Å². The number of hydrogen-bond donors (Lipinski definition) is 2. The van der Waals surface area contributed by atoms with Crippen molar-refractivity contribution in [2.24, 2.45) is 0 Å². The molecule has 1 aromatic carbocycles. The lowest BCUT2D eigenvalue weighted by atomic mass is 9.71. The van der Waals surface area contributed by atoms with Crippen LogP contribution >= 0.6 is 0 Å². The van der Waals surface area contributed by atoms with Crippen LogP contribution in [0.1, 0.15) is 113 Å². The van der Waals surface area contributed by atoms with E-state index < -0.39 is 22.2 Å². The largest absolute Gasteiger partial charge is 0.488 e. The van der Waals surface area contributed by atoms with Crippen molar-refractivity contribution in [1.29, 1.82) is 0 Å². The first-order valence-electron chi connectivity index (χ1n) is 19.7. The Balaban J connectivity index is 1.73. The number of fused-ring (bicyclic) bond motifs is 3. The lowest BCUT2D eigenvalue weighted by Crippen LogP contribution is -2.45. The van der Waals surface area contributed by atoms with Gasteiger partial charge in [-0.05, 0) is 112 Å². The number of hydrogen-bond acceptors (Lipinski definition) is 9. The highest BCUT2D eigenvalue weighted by Crippen LogP contribution is 2.50. The lowest BCUT2D eigenvalue weighted by Gasteiger charge is -2.41. The predicted octanol–water partition coefficient (Wildman–Crippen LogP) is 9.62. The van der Waals surface area contributed by atoms with Gasteiger partial charge in [-0.1, -0.05) is 55.4 Å². The number of ether oxygens (including phenoxy) is 2. The number of anilines is 2. The summed E-state index contributed by atoms with van der Waals surface area (Å²) in [7, 11) is -3.99. The molecule has 0 saturated heterocycles. The third kappa shape index (κ3) is 10.6. The molecule has 298 valence electrons. The molecule has 1 heterocycles. The van der Waals surface area contributed by atoms with Gasteiger partial charge >= 0.3 is 6.09 Å². The van der Waals surface area contributed by atoms with Crippen LogP contribution in [0.3, 0.4) is 0 Å². The van der Waals surface area contributed by atoms with Gasteiger partial charge < -0.3 is 34.3 Å². The number of carbonyl (C=O) groups is 1. The first-order chi connectivity index (χ1) is 24.2. The second-order valence-corrected chi connectivity index (χ2v) is 29.5. The monoisotopic (exact) mass is 769 g/mol. The molecule has 4 rings (SSSR count). The summed E-state index contributed by atoms with van der Waals surface area (Å²) < 4.78 is 26.2. The molecule has 0 radical (unpaired) electrons. The Hall–Kier alpha value is -2.68. The Labute approximate surface area is 323 Å². The minimum Gasteiger partial charge on any atom is -0.488 e. The highest BCUT2D eigenvalue weighted by Gasteiger charge is 2.41. The van der Waals surface area contributed by atoms with Crippen LogP contribution in [0.4, 0.5) is 16.3 Å². The molecule has 0 spiro atoms. The average molecular weight is 770 g/mol. The van der Waals surface area contributed by atoms with E-state index in [0.717, 1.165) is 60.4 Å². The molecule has 3 N–H and O–H groups in total. The minimum absolute atomic E-state index is 0.0131. The van der Waals surface area contributed by atoms with Gasteiger partial charge in [0.2, 0.25) is 0 Å². The Morgan fingerprint density at radius 3 is 1.94 bits per heavy atom. The highest BCUT2D eigenvalue weighted by molar-refractivity contribution is 6.74. The van der Waals surface area contributed by atoms with Crippen molar-refractivity contribution in [3.63, 3.8) is 0 Å². The quantitative estimate of drug-likeness (QED) is 0.203. The average Bonchev–Trinajstić information content (AvgIpc) is 2.99. The second-order valence-electron chi connectivity index (χ2n) is 19.9. The first kappa shape index (κ1) is 43.1. The summed E-state index contributed by atoms with van der Waals surface area (Å²) in [4.78, 5) is 24.2. The number of nitrogens with one attached hydrogen (secondary N) is 1. The van der Waals surface area contributed by atoms with Crippen molar-refractivity contribution < 1.29 is 23.1 Å². The molecule has 2 aromatic rings. The molecule has 2 aliphatic carbocycles. The first-order valence-corrected chi connectivity index (χ1v) is 25.5. The number of alkyl carbamates (subject to hydrolysis) is 1. The van der Waals surface area contributed by atoms with Gasteiger partial charge in [0, 0.05) is 30.3 Å². The summed E-state index contributed by atoms with van der Waals surface area (Å²) in [6, 6.07) is 4.34. The van der Waals surface area contributed by atoms with Crippen molar-refractivity contribution in [1.82, 2.24) is 15.3 Å². The van der Waals surface area contributed by atoms with E-state index in [-0.39, 0.29) is 33.7 Å². The minimum atomic E-state index is -2.00. The predicted molar refractivity (Wildman–Crippen MR) is 223 cm³/mol. The molecule has 0 bridgehead atoms. The van der Waals surface area contributed by atoms with Gasteiger partial charge in [0.05, 0.1) is 30.7 Å². The molecule has 10 nitrogen and oxygen atoms in total. The van der Waals surface area contributed by atoms with Crippen LogP contribution in [0.15, 0.2) is 18.5 Å². The van der Waals surface area contributed by atoms with Gasteiger partial charge in [0.15, 0.2) is 16.6 Å². The number of nitrogen functional groups attached to an aromatic ring is 1. The molecule has 0 aliphatic heterocycles. The van der Waals surface area contributed by atoms with Crippen LogP contribution in [0.5, 0.6) is 5.75 Å². The summed E-state index contributed by atoms with van der Waals surface area (Å²) in [5, 5.41) is 3.29. The Morgan fingerprint density at radius 1 is 0.887 bits per heavy atom. The molecular weight excluding hydrogens is 699 g/mol. The molecule has 12 heteroatoms. The van der Waals surface area contributed by atoms with Crippen LogP contribution < -0.4 is 20.7 Å². The maximum atomic E-state index is 12.5. The van der Waals surface area contributed by atoms with Crippen molar-refractivity contribution in [3.05, 3.63) is 29.6 Å². The van der Waals surface area contributed by atoms with Gasteiger partial charge in [-0.3, -0.25) is 0 Å². The summed E-state index contributed by atoms with van der Waals surface area (Å²) in [6.45, 7) is 35.7. The van der Waals surface area contributed by atoms with Crippen LogP contribution in [0, 0.1) is 0 Å². The maximum absolute atomic E-state index is 12.5. The van der Waals surface area contributed by atoms with E-state index >= 15 is 0 Å². The summed E-state index contributed by atoms with van der Waals surface area (Å²) >= 11 is 0. The zero-order valence-electron chi connectivity index (χ0n) is 35.7. The van der Waals surface area contributed by atoms with Gasteiger partial charge in [0.1, 0.15) is 23.5 Å². The van der Waals surface area contributed by atoms with E-state index in [9.17, 15) is 4.79 Å². The summed E-state index contributed by atoms with van der Waals surface area (Å²) in [5.74, 6) is 1.40. The fraction of sp³-hybridized carbons (Fsp3) is 0.732. The third-order valence-corrected chi connectivity index (χ3v) is 21.0. The molecule has 1 fully saturated rings. The number of carbonyl (C=O) groups excluding carboxylic acids is 1. The van der Waals surface area contributed by atoms with Crippen LogP contribution in [0.25, 0.3) is 11.3 Å². The molecule has 1 amide bonds. The maximum Gasteiger partial charge on any atom is 0.407 e. The normalized spacial score (nSPS) is 19.2. The van der Waals surface area contributed by atoms with E-state index in [2.05, 4.69) is 109 Å². The molecule has 2 aliphatic rings. The fourth-order valence-electron chi connectivity index (χ4n) is 6.83. The SMILES string of the molecule is CC(C)(C)OC(=O)N[C@H]1CC[C@H](Oc2ccc3c(c2N(CCO[Si](C)(C)C(C)(C)C)CCO[Si](C)(C)C(C)(C)C)CC(C)(C)c2c(N)ncnc2-3)CC1. The Morgan fingerprint density at radius 2 is 1.43 bits per heavy atom. The number of aromatic nitrogens is 2. The zero-order valence-corrected chi connectivity index (χ0v) is 37.7. The van der Waals surface area contributed by atoms with Crippen molar-refractivity contribution in [2.45, 2.75) is 168 Å². The van der Waals surface area contributed by atoms with Crippen molar-refractivity contribution in [2.75, 3.05) is 36.9 Å². The van der Waals surface area contributed by atoms with E-state index in [1.165, 1.54) is 5.56 Å². The van der Waals surface area contributed by atoms with Crippen molar-refractivity contribution in [3.8, 4) is 17.0 Å². The second kappa shape index (κ2) is 15.8. The van der Waals surface area contributed by atoms with Crippen LogP contribution in [-0.2, 0) is 25.4 Å². The van der Waals surface area contributed by atoms with Crippen LogP contribution in [-0.4, -0.2) is 76.7 Å². The standard InChI is InChI=1S/C41H71N5O5Si2/c1-38(2,3)51-37(47)45-28-16-18-29(19-17-28)50-32-21-20-30-31(26-41(10,11)33-34(30)43-27-44-36(33)42)35(32)46(22-24-48-52(12,13)39(4,5)6)23-25-49-53(14,15)40(7,8)9/h20-21,27-29H,16-19,22-26H2,1-15H3,(H,45,47)(H2,42,43,44)/t28-,29-. The zero-order chi connectivity index (χ0) is 39.8. The smallest absolute Gasteiger partial charge is 0.407 e. The number of nitrogens with two attached hydrogens (primary N) is 1. The third-order valence-electron chi connectivity index (χ3n) is 11.9. The molecule has 0 atom stereocenters. The fourth-order valence-corrected chi connectivity index (χ4v) is 8.90. The van der Waals surface area contributed by atoms with E-state index in [1.54, 1.807) is 6.33 Å². The van der Waals surface area contributed by atoms with Crippen LogP contribution in [0.2, 0.25) is 36.3 Å². The topological polar surface area (TPSA) is 121 Å². The van der Waals surface area contributed by atoms with E-state index in [1.807, 2.05) is 20.8 Å². The van der Waals surface area contributed by atoms with Crippen molar-refractivity contribution >= 4 is 34.2 Å². The Kier molecular flexibility index (Phi) is 12.9. The summed E-state index contributed by atoms with van der Waals surface area (Å²) in [6.07, 6.45) is 5.30. The molecule has 1 saturated carbocycles. The number of rotatable bonds is 12. The molecular formula is C41H71N5O5Si2. The molecule has 1 aromatic heterocycles. The van der Waals surface area contributed by atoms with Gasteiger partial charge in [-0.15, -0.1) is 0 Å². The van der Waals surface area contributed by atoms with Gasteiger partial charge in [0.25, 0.3) is 0 Å². The van der Waals surface area contributed by atoms with E-state index in [4.69, 9.17) is 29.0 Å². The Bertz CT molecular complexity index is 1550. The highest BCUT2D eigenvalue weighted by atomic mass is 28.4. The number of amides is 1. The van der Waals surface area contributed by atoms with Gasteiger partial charge in [-0.25, -0.2) is 14.8 Å². The summed E-state index contributed by atoms with van der Waals surface area (Å²) in [5.41, 5.74) is 11.0. The van der Waals surface area contributed by atoms with E-state index in [0.29, 0.717) is 32.1 Å². The molecule has 0 unspecified atom stereocenters. The number of nitrogens with zero attached hydrogens (tertiary/aromatic N) is 3.